The first kappa shape index (κ1) is 6.18. The highest BCUT2D eigenvalue weighted by Crippen LogP contribution is 2.51. The van der Waals surface area contributed by atoms with Crippen molar-refractivity contribution in [2.24, 2.45) is 5.73 Å². The fourth-order valence-corrected chi connectivity index (χ4v) is 1.77. The van der Waals surface area contributed by atoms with Crippen LogP contribution in [0.15, 0.2) is 11.3 Å². The highest BCUT2D eigenvalue weighted by Gasteiger charge is 2.47. The molecule has 0 aromatic heterocycles. The van der Waals surface area contributed by atoms with Gasteiger partial charge in [-0.05, 0) is 18.4 Å². The molecule has 2 fully saturated rings. The third kappa shape index (κ3) is 0.741. The molecule has 1 aliphatic carbocycles. The first-order valence-electron chi connectivity index (χ1n) is 3.38. The highest BCUT2D eigenvalue weighted by atomic mass is 32.2. The summed E-state index contributed by atoms with van der Waals surface area (Å²) in [6, 6.07) is 0. The summed E-state index contributed by atoms with van der Waals surface area (Å²) in [4.78, 5) is 0. The molecule has 0 bridgehead atoms. The predicted molar refractivity (Wildman–Crippen MR) is 44.5 cm³/mol. The van der Waals surface area contributed by atoms with Crippen molar-refractivity contribution in [1.29, 1.82) is 0 Å². The van der Waals surface area contributed by atoms with Crippen molar-refractivity contribution in [2.75, 3.05) is 5.75 Å². The molecule has 0 unspecified atom stereocenters. The minimum Gasteiger partial charge on any atom is -0.400 e. The number of nitrogens with two attached hydrogens (primary N) is 1. The Morgan fingerprint density at radius 3 is 2.60 bits per heavy atom. The molecule has 0 spiro atoms. The molecule has 1 aliphatic heterocycles. The Morgan fingerprint density at radius 1 is 1.70 bits per heavy atom. The summed E-state index contributed by atoms with van der Waals surface area (Å²) in [6.45, 7) is 0. The molecule has 1 saturated heterocycles. The van der Waals surface area contributed by atoms with Crippen molar-refractivity contribution in [3.05, 3.63) is 11.3 Å². The number of hydrogen-bond donors (Lipinski definition) is 1. The molecule has 1 nitrogen and oxygen atoms in total. The van der Waals surface area contributed by atoms with Gasteiger partial charge in [0.05, 0.1) is 0 Å². The summed E-state index contributed by atoms with van der Waals surface area (Å²) in [6.07, 6.45) is 7.70. The molecule has 1 saturated carbocycles. The van der Waals surface area contributed by atoms with E-state index in [9.17, 15) is 0 Å². The van der Waals surface area contributed by atoms with Gasteiger partial charge in [-0.25, -0.2) is 0 Å². The molecule has 2 rings (SSSR count). The van der Waals surface area contributed by atoms with Crippen LogP contribution in [0.3, 0.4) is 0 Å². The lowest BCUT2D eigenvalue weighted by Gasteiger charge is -2.03. The van der Waals surface area contributed by atoms with Crippen LogP contribution in [0.25, 0.3) is 0 Å². The average molecular weight is 151 g/mol. The van der Waals surface area contributed by atoms with Crippen LogP contribution < -0.4 is 5.73 Å². The zero-order valence-electron chi connectivity index (χ0n) is 5.68. The van der Waals surface area contributed by atoms with Gasteiger partial charge in [-0.15, -0.1) is 18.2 Å². The highest BCUT2D eigenvalue weighted by molar-refractivity contribution is 8.08. The Hall–Kier alpha value is -0.550. The van der Waals surface area contributed by atoms with E-state index in [-0.39, 0.29) is 4.75 Å². The summed E-state index contributed by atoms with van der Waals surface area (Å²) >= 11 is 1.77. The molecule has 52 valence electrons. The molecule has 0 amide bonds. The van der Waals surface area contributed by atoms with E-state index < -0.39 is 0 Å². The van der Waals surface area contributed by atoms with Gasteiger partial charge in [0.1, 0.15) is 4.75 Å². The van der Waals surface area contributed by atoms with Crippen molar-refractivity contribution < 1.29 is 0 Å². The molecule has 0 aromatic carbocycles. The molecule has 1 atom stereocenters. The molecular weight excluding hydrogens is 142 g/mol. The summed E-state index contributed by atoms with van der Waals surface area (Å²) in [5, 5.41) is 0. The molecule has 0 aromatic rings. The molecular formula is C8H9NS. The minimum atomic E-state index is -0.0637. The van der Waals surface area contributed by atoms with Gasteiger partial charge in [0.25, 0.3) is 0 Å². The van der Waals surface area contributed by atoms with Crippen molar-refractivity contribution in [1.82, 2.24) is 0 Å². The first-order chi connectivity index (χ1) is 4.78. The number of thioether (sulfide) groups is 1. The third-order valence-corrected chi connectivity index (χ3v) is 3.19. The molecule has 2 N–H and O–H groups in total. The summed E-state index contributed by atoms with van der Waals surface area (Å²) in [7, 11) is 0. The van der Waals surface area contributed by atoms with Gasteiger partial charge in [0.2, 0.25) is 0 Å². The van der Waals surface area contributed by atoms with E-state index in [2.05, 4.69) is 5.92 Å². The van der Waals surface area contributed by atoms with Gasteiger partial charge in [-0.1, -0.05) is 5.92 Å². The third-order valence-electron chi connectivity index (χ3n) is 1.98. The number of rotatable bonds is 1. The van der Waals surface area contributed by atoms with Gasteiger partial charge < -0.3 is 5.73 Å². The lowest BCUT2D eigenvalue weighted by atomic mass is 10.1. The van der Waals surface area contributed by atoms with Crippen LogP contribution in [0.5, 0.6) is 0 Å². The lowest BCUT2D eigenvalue weighted by molar-refractivity contribution is 1.03. The number of allylic oxidation sites excluding steroid dienone is 1. The topological polar surface area (TPSA) is 26.0 Å². The second kappa shape index (κ2) is 1.73. The van der Waals surface area contributed by atoms with Crippen molar-refractivity contribution in [2.45, 2.75) is 17.6 Å². The molecule has 10 heavy (non-hydrogen) atoms. The van der Waals surface area contributed by atoms with E-state index in [1.54, 1.807) is 11.8 Å². The maximum Gasteiger partial charge on any atom is 0.124 e. The van der Waals surface area contributed by atoms with Crippen LogP contribution in [0, 0.1) is 12.3 Å². The van der Waals surface area contributed by atoms with E-state index in [0.29, 0.717) is 0 Å². The maximum absolute atomic E-state index is 5.85. The van der Waals surface area contributed by atoms with E-state index in [0.717, 1.165) is 11.4 Å². The predicted octanol–water partition coefficient (Wildman–Crippen LogP) is 1.11. The number of hydrogen-bond acceptors (Lipinski definition) is 2. The summed E-state index contributed by atoms with van der Waals surface area (Å²) < 4.78 is -0.0637. The zero-order chi connectivity index (χ0) is 7.19. The first-order valence-corrected chi connectivity index (χ1v) is 4.37. The Bertz CT molecular complexity index is 236. The van der Waals surface area contributed by atoms with Crippen molar-refractivity contribution >= 4 is 11.8 Å². The fraction of sp³-hybridized carbons (Fsp3) is 0.500. The second-order valence-electron chi connectivity index (χ2n) is 2.78. The van der Waals surface area contributed by atoms with Crippen LogP contribution in [-0.4, -0.2) is 10.5 Å². The van der Waals surface area contributed by atoms with Crippen LogP contribution in [-0.2, 0) is 0 Å². The smallest absolute Gasteiger partial charge is 0.124 e. The van der Waals surface area contributed by atoms with Crippen LogP contribution in [0.2, 0.25) is 0 Å². The van der Waals surface area contributed by atoms with E-state index in [1.807, 2.05) is 0 Å². The molecule has 0 radical (unpaired) electrons. The maximum atomic E-state index is 5.85. The van der Waals surface area contributed by atoms with E-state index in [4.69, 9.17) is 12.2 Å². The Labute approximate surface area is 65.1 Å². The Kier molecular flexibility index (Phi) is 1.07. The monoisotopic (exact) mass is 151 g/mol. The van der Waals surface area contributed by atoms with Gasteiger partial charge in [-0.2, -0.15) is 0 Å². The van der Waals surface area contributed by atoms with Crippen molar-refractivity contribution in [3.63, 3.8) is 0 Å². The van der Waals surface area contributed by atoms with Gasteiger partial charge in [0, 0.05) is 11.4 Å². The largest absolute Gasteiger partial charge is 0.400 e. The quantitative estimate of drug-likeness (QED) is 0.449. The molecule has 2 heteroatoms. The normalized spacial score (nSPS) is 34.9. The van der Waals surface area contributed by atoms with Crippen LogP contribution in [0.1, 0.15) is 12.8 Å². The summed E-state index contributed by atoms with van der Waals surface area (Å²) in [5.41, 5.74) is 8.22. The SMILES string of the molecule is C#C[C@]1(C(N)=C2CC2)CS1. The van der Waals surface area contributed by atoms with Gasteiger partial charge >= 0.3 is 0 Å². The van der Waals surface area contributed by atoms with Crippen LogP contribution in [0.4, 0.5) is 0 Å². The minimum absolute atomic E-state index is 0.0637. The van der Waals surface area contributed by atoms with Crippen LogP contribution >= 0.6 is 11.8 Å². The molecule has 2 aliphatic rings. The Morgan fingerprint density at radius 2 is 2.30 bits per heavy atom. The fourth-order valence-electron chi connectivity index (χ4n) is 1.01. The number of terminal acetylenes is 1. The van der Waals surface area contributed by atoms with E-state index >= 15 is 0 Å². The lowest BCUT2D eigenvalue weighted by Crippen LogP contribution is -2.17. The summed E-state index contributed by atoms with van der Waals surface area (Å²) in [5.74, 6) is 3.78. The zero-order valence-corrected chi connectivity index (χ0v) is 6.50. The van der Waals surface area contributed by atoms with Gasteiger partial charge in [0.15, 0.2) is 0 Å². The van der Waals surface area contributed by atoms with Crippen molar-refractivity contribution in [3.8, 4) is 12.3 Å². The van der Waals surface area contributed by atoms with Gasteiger partial charge in [-0.3, -0.25) is 0 Å². The second-order valence-corrected chi connectivity index (χ2v) is 4.05. The van der Waals surface area contributed by atoms with E-state index in [1.165, 1.54) is 18.4 Å². The standard InChI is InChI=1S/C8H9NS/c1-2-8(5-10-8)7(9)6-3-4-6/h1H,3-5,9H2/t8-/m1/s1. The molecule has 1 heterocycles. The average Bonchev–Trinajstić information content (AvgIpc) is 2.84. The Balaban J connectivity index is 2.27.